The van der Waals surface area contributed by atoms with Crippen molar-refractivity contribution >= 4 is 10.0 Å². The lowest BCUT2D eigenvalue weighted by molar-refractivity contribution is 0.0522. The molecule has 7 heteroatoms. The van der Waals surface area contributed by atoms with E-state index in [-0.39, 0.29) is 6.10 Å². The third kappa shape index (κ3) is 5.54. The van der Waals surface area contributed by atoms with Crippen LogP contribution >= 0.6 is 0 Å². The van der Waals surface area contributed by atoms with Gasteiger partial charge in [-0.25, -0.2) is 13.1 Å². The van der Waals surface area contributed by atoms with E-state index in [4.69, 9.17) is 0 Å². The summed E-state index contributed by atoms with van der Waals surface area (Å²) in [6.45, 7) is 8.42. The van der Waals surface area contributed by atoms with Crippen molar-refractivity contribution in [3.63, 3.8) is 0 Å². The molecule has 2 rings (SSSR count). The second-order valence-electron chi connectivity index (χ2n) is 6.20. The first-order valence-electron chi connectivity index (χ1n) is 8.07. The Bertz CT molecular complexity index is 577. The highest BCUT2D eigenvalue weighted by atomic mass is 32.2. The zero-order valence-corrected chi connectivity index (χ0v) is 14.7. The molecule has 1 saturated heterocycles. The molecule has 1 aliphatic heterocycles. The summed E-state index contributed by atoms with van der Waals surface area (Å²) in [5.41, 5.74) is 0. The lowest BCUT2D eigenvalue weighted by Gasteiger charge is -2.40. The van der Waals surface area contributed by atoms with E-state index in [0.29, 0.717) is 30.6 Å². The number of hydrogen-bond acceptors (Lipinski definition) is 5. The highest BCUT2D eigenvalue weighted by Crippen LogP contribution is 2.10. The smallest absolute Gasteiger partial charge is 0.240 e. The number of aliphatic hydroxyl groups excluding tert-OH is 1. The maximum atomic E-state index is 12.2. The summed E-state index contributed by atoms with van der Waals surface area (Å²) >= 11 is 0. The van der Waals surface area contributed by atoms with Crippen molar-refractivity contribution in [3.8, 4) is 0 Å². The van der Waals surface area contributed by atoms with Crippen molar-refractivity contribution in [2.24, 2.45) is 0 Å². The number of piperazine rings is 1. The van der Waals surface area contributed by atoms with Gasteiger partial charge in [0.25, 0.3) is 0 Å². The van der Waals surface area contributed by atoms with E-state index < -0.39 is 10.0 Å². The van der Waals surface area contributed by atoms with Gasteiger partial charge in [0.1, 0.15) is 0 Å². The summed E-state index contributed by atoms with van der Waals surface area (Å²) in [5.74, 6) is 0. The van der Waals surface area contributed by atoms with Crippen LogP contribution in [0.25, 0.3) is 0 Å². The predicted molar refractivity (Wildman–Crippen MR) is 90.8 cm³/mol. The van der Waals surface area contributed by atoms with E-state index in [2.05, 4.69) is 21.4 Å². The van der Waals surface area contributed by atoms with Crippen LogP contribution in [0.2, 0.25) is 0 Å². The van der Waals surface area contributed by atoms with Crippen molar-refractivity contribution < 1.29 is 13.5 Å². The third-order valence-electron chi connectivity index (χ3n) is 4.12. The van der Waals surface area contributed by atoms with Gasteiger partial charge < -0.3 is 5.11 Å². The molecule has 6 nitrogen and oxygen atoms in total. The second kappa shape index (κ2) is 8.21. The van der Waals surface area contributed by atoms with Gasteiger partial charge in [-0.05, 0) is 26.0 Å². The van der Waals surface area contributed by atoms with Crippen molar-refractivity contribution in [3.05, 3.63) is 30.3 Å². The number of β-amino-alcohol motifs (C(OH)–C–C–N with tert-alkyl or cyclic N) is 1. The molecule has 0 aromatic heterocycles. The lowest BCUT2D eigenvalue weighted by atomic mass is 10.2. The minimum Gasteiger partial charge on any atom is -0.392 e. The van der Waals surface area contributed by atoms with E-state index >= 15 is 0 Å². The first kappa shape index (κ1) is 18.4. The fraction of sp³-hybridized carbons (Fsp3) is 0.625. The molecule has 130 valence electrons. The molecule has 1 fully saturated rings. The molecule has 1 aromatic carbocycles. The standard InChI is InChI=1S/C16H27N3O3S/c1-14-12-18(13-15(2)20)10-11-19(14)9-8-17-23(21,22)16-6-4-3-5-7-16/h3-7,14-15,17,20H,8-13H2,1-2H3/t14-,15-/m0/s1. The summed E-state index contributed by atoms with van der Waals surface area (Å²) in [5, 5.41) is 9.46. The molecule has 2 N–H and O–H groups in total. The summed E-state index contributed by atoms with van der Waals surface area (Å²) in [7, 11) is -3.43. The molecule has 0 radical (unpaired) electrons. The Morgan fingerprint density at radius 3 is 2.61 bits per heavy atom. The molecule has 1 aliphatic rings. The van der Waals surface area contributed by atoms with Crippen molar-refractivity contribution in [1.29, 1.82) is 0 Å². The highest BCUT2D eigenvalue weighted by molar-refractivity contribution is 7.89. The summed E-state index contributed by atoms with van der Waals surface area (Å²) in [6, 6.07) is 8.78. The second-order valence-corrected chi connectivity index (χ2v) is 7.97. The van der Waals surface area contributed by atoms with Gasteiger partial charge in [-0.1, -0.05) is 18.2 Å². The van der Waals surface area contributed by atoms with Crippen LogP contribution in [-0.4, -0.2) is 74.7 Å². The van der Waals surface area contributed by atoms with Crippen molar-refractivity contribution in [2.45, 2.75) is 30.9 Å². The number of nitrogens with one attached hydrogen (secondary N) is 1. The van der Waals surface area contributed by atoms with Crippen molar-refractivity contribution in [1.82, 2.24) is 14.5 Å². The topological polar surface area (TPSA) is 72.9 Å². The number of benzene rings is 1. The number of aliphatic hydroxyl groups is 1. The zero-order chi connectivity index (χ0) is 16.9. The Hall–Kier alpha value is -0.990. The van der Waals surface area contributed by atoms with Gasteiger partial charge in [0.15, 0.2) is 0 Å². The largest absolute Gasteiger partial charge is 0.392 e. The molecule has 2 atom stereocenters. The average molecular weight is 341 g/mol. The maximum Gasteiger partial charge on any atom is 0.240 e. The fourth-order valence-corrected chi connectivity index (χ4v) is 3.99. The summed E-state index contributed by atoms with van der Waals surface area (Å²) in [4.78, 5) is 4.83. The molecular weight excluding hydrogens is 314 g/mol. The first-order valence-corrected chi connectivity index (χ1v) is 9.56. The Kier molecular flexibility index (Phi) is 6.55. The van der Waals surface area contributed by atoms with Gasteiger partial charge in [-0.15, -0.1) is 0 Å². The number of hydrogen-bond donors (Lipinski definition) is 2. The van der Waals surface area contributed by atoms with Crippen LogP contribution in [0.5, 0.6) is 0 Å². The lowest BCUT2D eigenvalue weighted by Crippen LogP contribution is -2.54. The molecule has 0 aliphatic carbocycles. The summed E-state index contributed by atoms with van der Waals surface area (Å²) in [6.07, 6.45) is -0.313. The molecule has 0 saturated carbocycles. The maximum absolute atomic E-state index is 12.2. The molecule has 23 heavy (non-hydrogen) atoms. The Labute approximate surface area is 139 Å². The van der Waals surface area contributed by atoms with Crippen LogP contribution in [-0.2, 0) is 10.0 Å². The van der Waals surface area contributed by atoms with Crippen LogP contribution in [0.15, 0.2) is 35.2 Å². The molecule has 0 unspecified atom stereocenters. The van der Waals surface area contributed by atoms with Gasteiger partial charge in [0.05, 0.1) is 11.0 Å². The average Bonchev–Trinajstić information content (AvgIpc) is 2.50. The fourth-order valence-electron chi connectivity index (χ4n) is 2.95. The predicted octanol–water partition coefficient (Wildman–Crippen LogP) is 0.352. The summed E-state index contributed by atoms with van der Waals surface area (Å²) < 4.78 is 27.0. The van der Waals surface area contributed by atoms with Gasteiger partial charge in [0, 0.05) is 45.3 Å². The Balaban J connectivity index is 1.79. The van der Waals surface area contributed by atoms with Crippen LogP contribution in [0.1, 0.15) is 13.8 Å². The Morgan fingerprint density at radius 1 is 1.30 bits per heavy atom. The Morgan fingerprint density at radius 2 is 2.00 bits per heavy atom. The zero-order valence-electron chi connectivity index (χ0n) is 13.9. The van der Waals surface area contributed by atoms with Crippen LogP contribution in [0, 0.1) is 0 Å². The van der Waals surface area contributed by atoms with E-state index in [1.54, 1.807) is 37.3 Å². The van der Waals surface area contributed by atoms with E-state index in [1.807, 2.05) is 0 Å². The molecule has 1 heterocycles. The molecule has 0 amide bonds. The third-order valence-corrected chi connectivity index (χ3v) is 5.59. The monoisotopic (exact) mass is 341 g/mol. The quantitative estimate of drug-likeness (QED) is 0.749. The molecule has 0 spiro atoms. The molecule has 1 aromatic rings. The van der Waals surface area contributed by atoms with Crippen LogP contribution in [0.4, 0.5) is 0 Å². The van der Waals surface area contributed by atoms with Crippen molar-refractivity contribution in [2.75, 3.05) is 39.3 Å². The van der Waals surface area contributed by atoms with Gasteiger partial charge in [-0.2, -0.15) is 0 Å². The molecule has 0 bridgehead atoms. The minimum atomic E-state index is -3.43. The normalized spacial score (nSPS) is 22.1. The number of nitrogens with zero attached hydrogens (tertiary/aromatic N) is 2. The van der Waals surface area contributed by atoms with Gasteiger partial charge in [0.2, 0.25) is 10.0 Å². The van der Waals surface area contributed by atoms with E-state index in [1.165, 1.54) is 0 Å². The molecular formula is C16H27N3O3S. The SMILES string of the molecule is C[C@H](O)CN1CCN(CCNS(=O)(=O)c2ccccc2)[C@@H](C)C1. The highest BCUT2D eigenvalue weighted by Gasteiger charge is 2.24. The van der Waals surface area contributed by atoms with Gasteiger partial charge >= 0.3 is 0 Å². The first-order chi connectivity index (χ1) is 10.9. The van der Waals surface area contributed by atoms with Crippen LogP contribution in [0.3, 0.4) is 0 Å². The number of rotatable bonds is 7. The van der Waals surface area contributed by atoms with E-state index in [9.17, 15) is 13.5 Å². The number of sulfonamides is 1. The van der Waals surface area contributed by atoms with Gasteiger partial charge in [-0.3, -0.25) is 9.80 Å². The minimum absolute atomic E-state index is 0.301. The van der Waals surface area contributed by atoms with Crippen LogP contribution < -0.4 is 4.72 Å². The van der Waals surface area contributed by atoms with E-state index in [0.717, 1.165) is 19.6 Å².